The summed E-state index contributed by atoms with van der Waals surface area (Å²) in [4.78, 5) is 12.5. The Hall–Kier alpha value is -2.69. The fraction of sp³-hybridized carbons (Fsp3) is 0.761. The Morgan fingerprint density at radius 3 is 0.933 bits per heavy atom. The van der Waals surface area contributed by atoms with Crippen molar-refractivity contribution in [2.75, 3.05) is 6.61 Å². The van der Waals surface area contributed by atoms with E-state index < -0.39 is 12.1 Å². The van der Waals surface area contributed by atoms with Crippen LogP contribution in [0.4, 0.5) is 0 Å². The van der Waals surface area contributed by atoms with Gasteiger partial charge in [0.15, 0.2) is 0 Å². The average Bonchev–Trinajstić information content (AvgIpc) is 3.41. The van der Waals surface area contributed by atoms with Crippen molar-refractivity contribution >= 4 is 5.91 Å². The second-order valence-electron chi connectivity index (χ2n) is 22.1. The summed E-state index contributed by atoms with van der Waals surface area (Å²) in [6, 6.07) is -0.643. The van der Waals surface area contributed by atoms with Gasteiger partial charge in [0.1, 0.15) is 0 Å². The Morgan fingerprint density at radius 1 is 0.333 bits per heavy atom. The number of carbonyl (C=O) groups excluding carboxylic acids is 1. The lowest BCUT2D eigenvalue weighted by Gasteiger charge is -2.19. The Morgan fingerprint density at radius 2 is 0.600 bits per heavy atom. The van der Waals surface area contributed by atoms with Crippen LogP contribution in [0.15, 0.2) is 97.2 Å². The molecule has 4 nitrogen and oxygen atoms in total. The van der Waals surface area contributed by atoms with Crippen LogP contribution in [0.1, 0.15) is 328 Å². The fourth-order valence-corrected chi connectivity index (χ4v) is 9.85. The molecule has 0 saturated heterocycles. The highest BCUT2D eigenvalue weighted by atomic mass is 16.3. The largest absolute Gasteiger partial charge is 0.394 e. The molecule has 0 spiro atoms. The quantitative estimate of drug-likeness (QED) is 0.0420. The van der Waals surface area contributed by atoms with E-state index in [0.717, 1.165) is 70.6 Å². The third kappa shape index (κ3) is 62.0. The standard InChI is InChI=1S/C71H127NO3/c1-3-5-7-9-11-13-15-17-19-21-23-25-27-29-30-31-32-33-34-35-36-37-38-39-40-41-42-43-45-47-49-51-53-55-57-59-61-63-65-67-71(75)72-69(68-73)70(74)66-64-62-60-58-56-54-52-50-48-46-44-28-26-24-22-20-18-16-14-12-10-8-6-4-2/h5,7,11,13,17,19,23,25,29-30,32-33,56,58,64,66,69-70,73-74H,3-4,6,8-10,12,14-16,18,20-22,24,26-28,31,34-55,57,59-63,65,67-68H2,1-2H3,(H,72,75)/b7-5-,13-11-,19-17-,25-23-,30-29-,33-32-,58-56+,66-64+. The molecule has 75 heavy (non-hydrogen) atoms. The summed E-state index contributed by atoms with van der Waals surface area (Å²) >= 11 is 0. The van der Waals surface area contributed by atoms with Crippen molar-refractivity contribution in [1.82, 2.24) is 5.32 Å². The minimum absolute atomic E-state index is 0.0706. The summed E-state index contributed by atoms with van der Waals surface area (Å²) in [7, 11) is 0. The van der Waals surface area contributed by atoms with E-state index in [2.05, 4.69) is 104 Å². The van der Waals surface area contributed by atoms with Crippen LogP contribution in [0.3, 0.4) is 0 Å². The Balaban J connectivity index is 3.49. The summed E-state index contributed by atoms with van der Waals surface area (Å²) in [6.07, 6.45) is 97.6. The second-order valence-corrected chi connectivity index (χ2v) is 22.1. The molecule has 0 aliphatic carbocycles. The average molecular weight is 1040 g/mol. The van der Waals surface area contributed by atoms with Gasteiger partial charge in [-0.15, -0.1) is 0 Å². The van der Waals surface area contributed by atoms with Gasteiger partial charge in [-0.2, -0.15) is 0 Å². The lowest BCUT2D eigenvalue weighted by atomic mass is 10.0. The highest BCUT2D eigenvalue weighted by Gasteiger charge is 2.18. The number of allylic oxidation sites excluding steroid dienone is 15. The molecular formula is C71H127NO3. The molecule has 0 fully saturated rings. The number of nitrogens with one attached hydrogen (secondary N) is 1. The third-order valence-corrected chi connectivity index (χ3v) is 14.8. The van der Waals surface area contributed by atoms with Crippen LogP contribution in [-0.4, -0.2) is 34.9 Å². The van der Waals surface area contributed by atoms with Crippen LogP contribution < -0.4 is 5.32 Å². The first-order valence-electron chi connectivity index (χ1n) is 33.0. The van der Waals surface area contributed by atoms with Crippen molar-refractivity contribution in [1.29, 1.82) is 0 Å². The highest BCUT2D eigenvalue weighted by Crippen LogP contribution is 2.18. The number of hydrogen-bond acceptors (Lipinski definition) is 3. The molecule has 2 atom stereocenters. The number of unbranched alkanes of at least 4 members (excludes halogenated alkanes) is 39. The number of rotatable bonds is 60. The predicted octanol–water partition coefficient (Wildman–Crippen LogP) is 22.4. The Bertz CT molecular complexity index is 1370. The van der Waals surface area contributed by atoms with Gasteiger partial charge in [0.2, 0.25) is 5.91 Å². The number of aliphatic hydroxyl groups excluding tert-OH is 2. The lowest BCUT2D eigenvalue weighted by molar-refractivity contribution is -0.123. The van der Waals surface area contributed by atoms with Gasteiger partial charge in [-0.3, -0.25) is 4.79 Å². The molecule has 0 bridgehead atoms. The maximum absolute atomic E-state index is 12.5. The van der Waals surface area contributed by atoms with Crippen molar-refractivity contribution in [3.05, 3.63) is 97.2 Å². The summed E-state index contributed by atoms with van der Waals surface area (Å²) in [5, 5.41) is 23.2. The van der Waals surface area contributed by atoms with Crippen LogP contribution in [0.2, 0.25) is 0 Å². The van der Waals surface area contributed by atoms with Crippen LogP contribution >= 0.6 is 0 Å². The van der Waals surface area contributed by atoms with E-state index in [1.165, 1.54) is 238 Å². The van der Waals surface area contributed by atoms with Gasteiger partial charge in [0.25, 0.3) is 0 Å². The molecule has 0 aliphatic heterocycles. The summed E-state index contributed by atoms with van der Waals surface area (Å²) in [6.45, 7) is 4.21. The second kappa shape index (κ2) is 65.6. The van der Waals surface area contributed by atoms with E-state index in [4.69, 9.17) is 0 Å². The van der Waals surface area contributed by atoms with Gasteiger partial charge in [0.05, 0.1) is 18.8 Å². The molecule has 0 aromatic heterocycles. The molecule has 1 amide bonds. The molecule has 0 aromatic rings. The van der Waals surface area contributed by atoms with Gasteiger partial charge in [-0.05, 0) is 83.5 Å². The van der Waals surface area contributed by atoms with Crippen LogP contribution in [0.25, 0.3) is 0 Å². The van der Waals surface area contributed by atoms with E-state index in [1.54, 1.807) is 6.08 Å². The van der Waals surface area contributed by atoms with Crippen molar-refractivity contribution in [3.8, 4) is 0 Å². The van der Waals surface area contributed by atoms with Gasteiger partial charge in [0, 0.05) is 6.42 Å². The zero-order valence-corrected chi connectivity index (χ0v) is 50.1. The Labute approximate surface area is 468 Å². The van der Waals surface area contributed by atoms with Crippen LogP contribution in [0.5, 0.6) is 0 Å². The molecular weight excluding hydrogens is 915 g/mol. The van der Waals surface area contributed by atoms with Crippen molar-refractivity contribution < 1.29 is 15.0 Å². The molecule has 0 aromatic carbocycles. The number of hydrogen-bond donors (Lipinski definition) is 3. The molecule has 2 unspecified atom stereocenters. The van der Waals surface area contributed by atoms with E-state index in [9.17, 15) is 15.0 Å². The topological polar surface area (TPSA) is 69.6 Å². The minimum atomic E-state index is -0.866. The molecule has 0 saturated carbocycles. The molecule has 0 rings (SSSR count). The maximum atomic E-state index is 12.5. The SMILES string of the molecule is CC/C=C\C/C=C\C/C=C\C/C=C\C/C=C\C/C=C\CCCCCCCCCCCCCCCCCCCCCCC(=O)NC(CO)C(O)/C=C/CC/C=C/CCCCCCCCCCCCCCCCCCCC. The molecule has 4 heteroatoms. The van der Waals surface area contributed by atoms with Crippen LogP contribution in [-0.2, 0) is 4.79 Å². The van der Waals surface area contributed by atoms with E-state index in [0.29, 0.717) is 6.42 Å². The zero-order chi connectivity index (χ0) is 54.1. The molecule has 3 N–H and O–H groups in total. The van der Waals surface area contributed by atoms with Gasteiger partial charge < -0.3 is 15.5 Å². The van der Waals surface area contributed by atoms with Crippen LogP contribution in [0, 0.1) is 0 Å². The smallest absolute Gasteiger partial charge is 0.220 e. The fourth-order valence-electron chi connectivity index (χ4n) is 9.85. The van der Waals surface area contributed by atoms with E-state index in [1.807, 2.05) is 6.08 Å². The highest BCUT2D eigenvalue weighted by molar-refractivity contribution is 5.76. The van der Waals surface area contributed by atoms with E-state index in [-0.39, 0.29) is 12.5 Å². The molecule has 0 aliphatic rings. The molecule has 0 heterocycles. The van der Waals surface area contributed by atoms with Crippen molar-refractivity contribution in [2.24, 2.45) is 0 Å². The lowest BCUT2D eigenvalue weighted by Crippen LogP contribution is -2.45. The first kappa shape index (κ1) is 72.3. The normalized spacial score (nSPS) is 13.4. The van der Waals surface area contributed by atoms with Crippen molar-refractivity contribution in [3.63, 3.8) is 0 Å². The minimum Gasteiger partial charge on any atom is -0.394 e. The number of amides is 1. The third-order valence-electron chi connectivity index (χ3n) is 14.8. The predicted molar refractivity (Wildman–Crippen MR) is 336 cm³/mol. The van der Waals surface area contributed by atoms with E-state index >= 15 is 0 Å². The first-order valence-corrected chi connectivity index (χ1v) is 33.0. The summed E-state index contributed by atoms with van der Waals surface area (Å²) < 4.78 is 0. The first-order chi connectivity index (χ1) is 37.2. The Kier molecular flexibility index (Phi) is 63.2. The maximum Gasteiger partial charge on any atom is 0.220 e. The zero-order valence-electron chi connectivity index (χ0n) is 50.1. The van der Waals surface area contributed by atoms with Crippen molar-refractivity contribution in [2.45, 2.75) is 341 Å². The summed E-state index contributed by atoms with van der Waals surface area (Å²) in [5.41, 5.74) is 0. The monoisotopic (exact) mass is 1040 g/mol. The molecule has 0 radical (unpaired) electrons. The number of carbonyl (C=O) groups is 1. The van der Waals surface area contributed by atoms with Gasteiger partial charge in [-0.25, -0.2) is 0 Å². The van der Waals surface area contributed by atoms with Gasteiger partial charge in [-0.1, -0.05) is 336 Å². The number of aliphatic hydroxyl groups is 2. The molecule has 434 valence electrons. The summed E-state index contributed by atoms with van der Waals surface area (Å²) in [5.74, 6) is -0.0706. The van der Waals surface area contributed by atoms with Gasteiger partial charge >= 0.3 is 0 Å².